The van der Waals surface area contributed by atoms with Gasteiger partial charge in [-0.05, 0) is 69.9 Å². The highest BCUT2D eigenvalue weighted by Crippen LogP contribution is 2.37. The maximum atomic E-state index is 8.71. The van der Waals surface area contributed by atoms with E-state index in [1.807, 2.05) is 24.3 Å². The standard InChI is InChI=1S/2C16H26O2/c2*1-15(2,3)12-16(4,5)13-6-8-14(9-7-13)18-11-10-17/h2*6-9,17H,10-12H2,1-5H3. The number of ether oxygens (including phenoxy) is 2. The molecule has 0 atom stereocenters. The molecule has 204 valence electrons. The highest BCUT2D eigenvalue weighted by atomic mass is 16.5. The first kappa shape index (κ1) is 32.0. The van der Waals surface area contributed by atoms with E-state index in [0.29, 0.717) is 24.0 Å². The number of aliphatic hydroxyl groups excluding tert-OH is 2. The SMILES string of the molecule is CC(C)(C)CC(C)(C)c1ccc(OCCO)cc1.CC(C)(C)CC(C)(C)c1ccc(OCCO)cc1. The molecule has 0 amide bonds. The van der Waals surface area contributed by atoms with Gasteiger partial charge in [0.2, 0.25) is 0 Å². The maximum Gasteiger partial charge on any atom is 0.119 e. The smallest absolute Gasteiger partial charge is 0.119 e. The van der Waals surface area contributed by atoms with E-state index in [2.05, 4.69) is 93.5 Å². The molecule has 0 bridgehead atoms. The molecule has 0 aromatic heterocycles. The Hall–Kier alpha value is -2.04. The average molecular weight is 501 g/mol. The third-order valence-corrected chi connectivity index (χ3v) is 5.94. The predicted molar refractivity (Wildman–Crippen MR) is 152 cm³/mol. The normalized spacial score (nSPS) is 12.6. The van der Waals surface area contributed by atoms with Crippen LogP contribution in [0.3, 0.4) is 0 Å². The van der Waals surface area contributed by atoms with E-state index >= 15 is 0 Å². The van der Waals surface area contributed by atoms with Gasteiger partial charge in [0.15, 0.2) is 0 Å². The predicted octanol–water partition coefficient (Wildman–Crippen LogP) is 7.54. The quantitative estimate of drug-likeness (QED) is 0.354. The molecule has 0 aliphatic rings. The molecule has 0 aliphatic heterocycles. The molecule has 0 unspecified atom stereocenters. The Balaban J connectivity index is 0.000000360. The Morgan fingerprint density at radius 3 is 1.00 bits per heavy atom. The van der Waals surface area contributed by atoms with Crippen LogP contribution in [0.5, 0.6) is 11.5 Å². The Kier molecular flexibility index (Phi) is 12.0. The van der Waals surface area contributed by atoms with E-state index in [1.54, 1.807) is 0 Å². The molecule has 0 fully saturated rings. The topological polar surface area (TPSA) is 58.9 Å². The fraction of sp³-hybridized carbons (Fsp3) is 0.625. The van der Waals surface area contributed by atoms with Gasteiger partial charge in [0, 0.05) is 0 Å². The summed E-state index contributed by atoms with van der Waals surface area (Å²) in [6, 6.07) is 16.4. The van der Waals surface area contributed by atoms with Gasteiger partial charge in [-0.3, -0.25) is 0 Å². The molecule has 2 N–H and O–H groups in total. The zero-order valence-corrected chi connectivity index (χ0v) is 24.6. The molecule has 36 heavy (non-hydrogen) atoms. The average Bonchev–Trinajstić information content (AvgIpc) is 2.74. The van der Waals surface area contributed by atoms with E-state index in [-0.39, 0.29) is 24.0 Å². The number of aliphatic hydroxyl groups is 2. The van der Waals surface area contributed by atoms with E-state index in [0.717, 1.165) is 24.3 Å². The molecule has 2 aromatic carbocycles. The Morgan fingerprint density at radius 2 is 0.778 bits per heavy atom. The molecule has 4 heteroatoms. The van der Waals surface area contributed by atoms with Crippen molar-refractivity contribution >= 4 is 0 Å². The molecule has 0 saturated heterocycles. The van der Waals surface area contributed by atoms with Crippen LogP contribution < -0.4 is 9.47 Å². The molecule has 4 nitrogen and oxygen atoms in total. The van der Waals surface area contributed by atoms with Crippen molar-refractivity contribution in [2.75, 3.05) is 26.4 Å². The Bertz CT molecular complexity index is 791. The first-order valence-electron chi connectivity index (χ1n) is 13.2. The first-order chi connectivity index (χ1) is 16.5. The summed E-state index contributed by atoms with van der Waals surface area (Å²) in [5.41, 5.74) is 3.61. The lowest BCUT2D eigenvalue weighted by molar-refractivity contribution is 0.201. The molecule has 2 aromatic rings. The molecule has 0 spiro atoms. The van der Waals surface area contributed by atoms with Crippen LogP contribution in [0.1, 0.15) is 93.2 Å². The minimum Gasteiger partial charge on any atom is -0.491 e. The van der Waals surface area contributed by atoms with Crippen molar-refractivity contribution in [2.45, 2.75) is 92.9 Å². The van der Waals surface area contributed by atoms with Crippen molar-refractivity contribution in [3.63, 3.8) is 0 Å². The molecule has 0 heterocycles. The summed E-state index contributed by atoms with van der Waals surface area (Å²) in [5.74, 6) is 1.64. The van der Waals surface area contributed by atoms with Crippen LogP contribution in [0.2, 0.25) is 0 Å². The summed E-state index contributed by atoms with van der Waals surface area (Å²) in [5, 5.41) is 17.4. The van der Waals surface area contributed by atoms with Crippen LogP contribution in [0.4, 0.5) is 0 Å². The first-order valence-corrected chi connectivity index (χ1v) is 13.2. The highest BCUT2D eigenvalue weighted by molar-refractivity contribution is 5.32. The van der Waals surface area contributed by atoms with Crippen molar-refractivity contribution < 1.29 is 19.7 Å². The van der Waals surface area contributed by atoms with Crippen LogP contribution >= 0.6 is 0 Å². The number of hydrogen-bond acceptors (Lipinski definition) is 4. The summed E-state index contributed by atoms with van der Waals surface area (Å²) in [7, 11) is 0. The molecular weight excluding hydrogens is 448 g/mol. The van der Waals surface area contributed by atoms with Crippen molar-refractivity contribution in [3.05, 3.63) is 59.7 Å². The van der Waals surface area contributed by atoms with Crippen LogP contribution in [-0.4, -0.2) is 36.6 Å². The zero-order chi connectivity index (χ0) is 27.6. The van der Waals surface area contributed by atoms with Gasteiger partial charge in [-0.25, -0.2) is 0 Å². The zero-order valence-electron chi connectivity index (χ0n) is 24.6. The lowest BCUT2D eigenvalue weighted by Crippen LogP contribution is -2.24. The Labute approximate surface area is 221 Å². The summed E-state index contributed by atoms with van der Waals surface area (Å²) < 4.78 is 10.7. The van der Waals surface area contributed by atoms with Gasteiger partial charge in [0.05, 0.1) is 13.2 Å². The molecule has 0 radical (unpaired) electrons. The highest BCUT2D eigenvalue weighted by Gasteiger charge is 2.28. The van der Waals surface area contributed by atoms with Gasteiger partial charge >= 0.3 is 0 Å². The largest absolute Gasteiger partial charge is 0.491 e. The monoisotopic (exact) mass is 500 g/mol. The summed E-state index contributed by atoms with van der Waals surface area (Å²) in [6.45, 7) is 23.6. The minimum atomic E-state index is 0.0528. The number of rotatable bonds is 10. The molecular formula is C32H52O4. The van der Waals surface area contributed by atoms with Gasteiger partial charge in [-0.2, -0.15) is 0 Å². The van der Waals surface area contributed by atoms with E-state index in [9.17, 15) is 0 Å². The fourth-order valence-corrected chi connectivity index (χ4v) is 5.19. The molecule has 0 saturated carbocycles. The second-order valence-corrected chi connectivity index (χ2v) is 13.4. The van der Waals surface area contributed by atoms with Gasteiger partial charge in [0.1, 0.15) is 24.7 Å². The van der Waals surface area contributed by atoms with E-state index in [1.165, 1.54) is 11.1 Å². The van der Waals surface area contributed by atoms with Crippen LogP contribution in [0.15, 0.2) is 48.5 Å². The summed E-state index contributed by atoms with van der Waals surface area (Å²) in [6.07, 6.45) is 2.27. The van der Waals surface area contributed by atoms with E-state index in [4.69, 9.17) is 19.7 Å². The maximum absolute atomic E-state index is 8.71. The fourth-order valence-electron chi connectivity index (χ4n) is 5.19. The lowest BCUT2D eigenvalue weighted by atomic mass is 9.72. The summed E-state index contributed by atoms with van der Waals surface area (Å²) in [4.78, 5) is 0. The molecule has 2 rings (SSSR count). The van der Waals surface area contributed by atoms with Gasteiger partial charge in [0.25, 0.3) is 0 Å². The summed E-state index contributed by atoms with van der Waals surface area (Å²) >= 11 is 0. The van der Waals surface area contributed by atoms with Crippen LogP contribution in [0, 0.1) is 10.8 Å². The van der Waals surface area contributed by atoms with Gasteiger partial charge in [-0.1, -0.05) is 93.5 Å². The number of benzene rings is 2. The second kappa shape index (κ2) is 13.5. The Morgan fingerprint density at radius 1 is 0.500 bits per heavy atom. The van der Waals surface area contributed by atoms with Crippen molar-refractivity contribution in [3.8, 4) is 11.5 Å². The van der Waals surface area contributed by atoms with Crippen LogP contribution in [0.25, 0.3) is 0 Å². The van der Waals surface area contributed by atoms with Crippen molar-refractivity contribution in [1.29, 1.82) is 0 Å². The molecule has 0 aliphatic carbocycles. The minimum absolute atomic E-state index is 0.0528. The van der Waals surface area contributed by atoms with E-state index < -0.39 is 0 Å². The number of hydrogen-bond donors (Lipinski definition) is 2. The lowest BCUT2D eigenvalue weighted by Gasteiger charge is -2.33. The van der Waals surface area contributed by atoms with Crippen molar-refractivity contribution in [1.82, 2.24) is 0 Å². The van der Waals surface area contributed by atoms with Crippen molar-refractivity contribution in [2.24, 2.45) is 10.8 Å². The third kappa shape index (κ3) is 12.3. The second-order valence-electron chi connectivity index (χ2n) is 13.4. The van der Waals surface area contributed by atoms with Gasteiger partial charge in [-0.15, -0.1) is 0 Å². The van der Waals surface area contributed by atoms with Gasteiger partial charge < -0.3 is 19.7 Å². The van der Waals surface area contributed by atoms with Crippen LogP contribution in [-0.2, 0) is 10.8 Å². The third-order valence-electron chi connectivity index (χ3n) is 5.94.